The molecule has 24 heteroatoms. The van der Waals surface area contributed by atoms with E-state index < -0.39 is 135 Å². The molecule has 0 heterocycles. The van der Waals surface area contributed by atoms with Crippen molar-refractivity contribution >= 4 is 64.5 Å². The number of terminal acetylenes is 1. The third-order valence-corrected chi connectivity index (χ3v) is 16.8. The third kappa shape index (κ3) is 23.1. The summed E-state index contributed by atoms with van der Waals surface area (Å²) in [5.41, 5.74) is 0.855. The second-order valence-electron chi connectivity index (χ2n) is 29.3. The number of amides is 5. The van der Waals surface area contributed by atoms with E-state index in [0.717, 1.165) is 70.9 Å². The fraction of sp³-hybridized carbons (Fsp3) is 0.264. The first kappa shape index (κ1) is 82.8. The fourth-order valence-electron chi connectivity index (χ4n) is 11.8. The molecular formula is C87H81F8N5O11. The standard InChI is InChI=1S/C31H31F3N2O4.C29H27F3N2O4.C27H23F2NO3/c1-31(2,3)40-27(37)18-36(30(39)28-25(33)16-22(32)17-26(28)34)24-13-7-9-20(15-24)19-8-6-10-21(14-19)29(38)35-23-11-4-5-12-23;1-29(2,3)38-25(35)16-34(28(37)26-23(31)14-20(30)15-24(26)32)22-9-5-7-18(13-22)17-6-4-8-19(12-17)27(36)33-21-10-11-21;1-5-18-9-6-10-19(15-18)20-11-7-12-21(16-20)30(17-24(31)33-27(2,3)4)26(32)25-22(28)13-8-14-23(25)29/h6-10,13-17,23H,4-5,11-12,18H2,1-3H3,(H,35,38);4-9,12-15,21H,10-11,16H2,1-3H3,(H,33,36);1,6-16H,17H2,2-4H3. The minimum Gasteiger partial charge on any atom is -0.459 e. The summed E-state index contributed by atoms with van der Waals surface area (Å²) in [7, 11) is 0. The Balaban J connectivity index is 0.000000192. The minimum atomic E-state index is -1.40. The van der Waals surface area contributed by atoms with Gasteiger partial charge in [-0.05, 0) is 206 Å². The van der Waals surface area contributed by atoms with Crippen LogP contribution >= 0.6 is 0 Å². The van der Waals surface area contributed by atoms with Gasteiger partial charge in [0, 0.05) is 70.1 Å². The molecule has 0 radical (unpaired) electrons. The first-order valence-corrected chi connectivity index (χ1v) is 35.5. The molecule has 0 unspecified atom stereocenters. The number of rotatable bonds is 19. The number of carbonyl (C=O) groups is 8. The molecule has 111 heavy (non-hydrogen) atoms. The van der Waals surface area contributed by atoms with E-state index in [1.807, 2.05) is 6.07 Å². The Morgan fingerprint density at radius 2 is 0.649 bits per heavy atom. The Morgan fingerprint density at radius 1 is 0.369 bits per heavy atom. The van der Waals surface area contributed by atoms with Crippen LogP contribution in [0.15, 0.2) is 188 Å². The summed E-state index contributed by atoms with van der Waals surface area (Å²) in [5.74, 6) is -13.5. The van der Waals surface area contributed by atoms with Crippen LogP contribution in [0.3, 0.4) is 0 Å². The van der Waals surface area contributed by atoms with Crippen molar-refractivity contribution in [3.8, 4) is 45.7 Å². The molecule has 0 aliphatic heterocycles. The van der Waals surface area contributed by atoms with Gasteiger partial charge >= 0.3 is 17.9 Å². The van der Waals surface area contributed by atoms with E-state index in [1.54, 1.807) is 190 Å². The first-order valence-electron chi connectivity index (χ1n) is 35.5. The molecule has 2 aliphatic carbocycles. The lowest BCUT2D eigenvalue weighted by Gasteiger charge is -2.26. The Kier molecular flexibility index (Phi) is 26.7. The zero-order chi connectivity index (χ0) is 80.8. The molecular weight excluding hydrogens is 1440 g/mol. The van der Waals surface area contributed by atoms with Crippen LogP contribution in [-0.4, -0.2) is 96.0 Å². The smallest absolute Gasteiger partial charge is 0.326 e. The number of nitrogens with one attached hydrogen (secondary N) is 2. The maximum absolute atomic E-state index is 14.6. The van der Waals surface area contributed by atoms with Crippen LogP contribution in [0, 0.1) is 58.9 Å². The van der Waals surface area contributed by atoms with Crippen LogP contribution in [0.25, 0.3) is 33.4 Å². The van der Waals surface area contributed by atoms with Gasteiger partial charge in [0.1, 0.15) is 99.7 Å². The van der Waals surface area contributed by atoms with Crippen molar-refractivity contribution in [1.82, 2.24) is 10.6 Å². The number of benzene rings is 9. The number of nitrogens with zero attached hydrogens (tertiary/aromatic N) is 3. The van der Waals surface area contributed by atoms with Crippen molar-refractivity contribution in [3.63, 3.8) is 0 Å². The Labute approximate surface area is 637 Å². The molecule has 2 fully saturated rings. The molecule has 0 atom stereocenters. The molecule has 9 aromatic rings. The molecule has 2 saturated carbocycles. The topological polar surface area (TPSA) is 198 Å². The Morgan fingerprint density at radius 3 is 0.964 bits per heavy atom. The van der Waals surface area contributed by atoms with Crippen molar-refractivity contribution in [2.24, 2.45) is 0 Å². The number of hydrogen-bond donors (Lipinski definition) is 2. The fourth-order valence-corrected chi connectivity index (χ4v) is 11.8. The van der Waals surface area contributed by atoms with Crippen molar-refractivity contribution in [2.75, 3.05) is 34.3 Å². The highest BCUT2D eigenvalue weighted by atomic mass is 19.2. The van der Waals surface area contributed by atoms with E-state index in [1.165, 1.54) is 18.2 Å². The average molecular weight is 1520 g/mol. The van der Waals surface area contributed by atoms with Crippen LogP contribution < -0.4 is 25.3 Å². The van der Waals surface area contributed by atoms with Gasteiger partial charge in [-0.1, -0.05) is 97.6 Å². The van der Waals surface area contributed by atoms with Crippen molar-refractivity contribution in [1.29, 1.82) is 0 Å². The number of halogens is 8. The van der Waals surface area contributed by atoms with Gasteiger partial charge in [0.25, 0.3) is 29.5 Å². The van der Waals surface area contributed by atoms with Gasteiger partial charge in [-0.15, -0.1) is 6.42 Å². The molecule has 5 amide bonds. The van der Waals surface area contributed by atoms with Gasteiger partial charge in [-0.25, -0.2) is 35.1 Å². The molecule has 11 rings (SSSR count). The molecule has 2 aliphatic rings. The molecule has 16 nitrogen and oxygen atoms in total. The first-order chi connectivity index (χ1) is 52.4. The monoisotopic (exact) mass is 1520 g/mol. The van der Waals surface area contributed by atoms with E-state index >= 15 is 0 Å². The van der Waals surface area contributed by atoms with Gasteiger partial charge in [0.2, 0.25) is 0 Å². The Bertz CT molecular complexity index is 4980. The maximum Gasteiger partial charge on any atom is 0.326 e. The molecule has 576 valence electrons. The summed E-state index contributed by atoms with van der Waals surface area (Å²) in [5, 5.41) is 5.98. The largest absolute Gasteiger partial charge is 0.459 e. The lowest BCUT2D eigenvalue weighted by molar-refractivity contribution is -0.154. The Hall–Kier alpha value is -12.3. The normalized spacial score (nSPS) is 12.6. The predicted molar refractivity (Wildman–Crippen MR) is 405 cm³/mol. The summed E-state index contributed by atoms with van der Waals surface area (Å²) in [6.07, 6.45) is 11.5. The zero-order valence-corrected chi connectivity index (χ0v) is 62.3. The van der Waals surface area contributed by atoms with Gasteiger partial charge in [0.15, 0.2) is 0 Å². The number of ether oxygens (including phenoxy) is 3. The lowest BCUT2D eigenvalue weighted by Crippen LogP contribution is -2.39. The highest BCUT2D eigenvalue weighted by molar-refractivity contribution is 6.11. The van der Waals surface area contributed by atoms with Crippen molar-refractivity contribution in [2.45, 2.75) is 130 Å². The summed E-state index contributed by atoms with van der Waals surface area (Å²) in [6.45, 7) is 13.1. The average Bonchev–Trinajstić information content (AvgIpc) is 1.24. The summed E-state index contributed by atoms with van der Waals surface area (Å²) in [4.78, 5) is 106. The van der Waals surface area contributed by atoms with E-state index in [0.29, 0.717) is 68.8 Å². The molecule has 9 aromatic carbocycles. The SMILES string of the molecule is C#Cc1cccc(-c2cccc(N(CC(=O)OC(C)(C)C)C(=O)c3c(F)cccc3F)c2)c1.CC(C)(C)OC(=O)CN(C(=O)c1c(F)cc(F)cc1F)c1cccc(-c2cccc(C(=O)NC3CC3)c2)c1.CC(C)(C)OC(=O)CN(C(=O)c1c(F)cc(F)cc1F)c1cccc(-c2cccc(C(=O)NC3CCCC3)c2)c1. The molecule has 2 N–H and O–H groups in total. The van der Waals surface area contributed by atoms with Crippen LogP contribution in [0.2, 0.25) is 0 Å². The predicted octanol–water partition coefficient (Wildman–Crippen LogP) is 17.7. The van der Waals surface area contributed by atoms with E-state index in [-0.39, 0.29) is 41.0 Å². The van der Waals surface area contributed by atoms with Crippen LogP contribution in [-0.2, 0) is 28.6 Å². The summed E-state index contributed by atoms with van der Waals surface area (Å²) in [6, 6.07) is 45.6. The van der Waals surface area contributed by atoms with Crippen LogP contribution in [0.4, 0.5) is 52.2 Å². The molecule has 0 aromatic heterocycles. The minimum absolute atomic E-state index is 0.148. The third-order valence-electron chi connectivity index (χ3n) is 16.8. The van der Waals surface area contributed by atoms with E-state index in [4.69, 9.17) is 20.6 Å². The van der Waals surface area contributed by atoms with Crippen LogP contribution in [0.5, 0.6) is 0 Å². The van der Waals surface area contributed by atoms with Gasteiger partial charge in [-0.3, -0.25) is 53.1 Å². The second kappa shape index (κ2) is 35.8. The highest BCUT2D eigenvalue weighted by Crippen LogP contribution is 2.34. The van der Waals surface area contributed by atoms with E-state index in [9.17, 15) is 73.5 Å². The summed E-state index contributed by atoms with van der Waals surface area (Å²) >= 11 is 0. The number of anilines is 3. The quantitative estimate of drug-likeness (QED) is 0.0338. The maximum atomic E-state index is 14.6. The van der Waals surface area contributed by atoms with Gasteiger partial charge < -0.3 is 24.8 Å². The van der Waals surface area contributed by atoms with Crippen molar-refractivity contribution in [3.05, 3.63) is 268 Å². The molecule has 0 saturated heterocycles. The second-order valence-corrected chi connectivity index (χ2v) is 29.3. The zero-order valence-electron chi connectivity index (χ0n) is 62.3. The van der Waals surface area contributed by atoms with Gasteiger partial charge in [0.05, 0.1) is 0 Å². The number of esters is 3. The van der Waals surface area contributed by atoms with Crippen molar-refractivity contribution < 1.29 is 87.7 Å². The molecule has 0 bridgehead atoms. The number of carbonyl (C=O) groups excluding carboxylic acids is 8. The number of hydrogen-bond acceptors (Lipinski definition) is 11. The lowest BCUT2D eigenvalue weighted by atomic mass is 10.0. The highest BCUT2D eigenvalue weighted by Gasteiger charge is 2.34. The summed E-state index contributed by atoms with van der Waals surface area (Å²) < 4.78 is 130. The van der Waals surface area contributed by atoms with Gasteiger partial charge in [-0.2, -0.15) is 0 Å². The molecule has 0 spiro atoms. The van der Waals surface area contributed by atoms with Crippen LogP contribution in [0.1, 0.15) is 158 Å². The van der Waals surface area contributed by atoms with E-state index in [2.05, 4.69) is 16.6 Å².